The number of nitrogens with one attached hydrogen (secondary N) is 2. The Morgan fingerprint density at radius 1 is 1.00 bits per heavy atom. The van der Waals surface area contributed by atoms with Crippen molar-refractivity contribution in [1.82, 2.24) is 5.32 Å². The molecule has 0 aliphatic carbocycles. The molecule has 0 radical (unpaired) electrons. The minimum atomic E-state index is -0.682. The molecule has 4 N–H and O–H groups in total. The third kappa shape index (κ3) is 4.43. The molecule has 2 aromatic rings. The molecule has 5 nitrogen and oxygen atoms in total. The Kier molecular flexibility index (Phi) is 5.27. The van der Waals surface area contributed by atoms with E-state index in [0.717, 1.165) is 16.7 Å². The van der Waals surface area contributed by atoms with Gasteiger partial charge < -0.3 is 16.4 Å². The van der Waals surface area contributed by atoms with E-state index in [0.29, 0.717) is 12.2 Å². The maximum Gasteiger partial charge on any atom is 0.313 e. The highest BCUT2D eigenvalue weighted by Gasteiger charge is 2.13. The Morgan fingerprint density at radius 2 is 1.68 bits per heavy atom. The van der Waals surface area contributed by atoms with E-state index in [-0.39, 0.29) is 6.54 Å². The molecule has 2 aromatic carbocycles. The summed E-state index contributed by atoms with van der Waals surface area (Å²) in [7, 11) is 0. The van der Waals surface area contributed by atoms with Gasteiger partial charge in [-0.1, -0.05) is 42.0 Å². The Balaban J connectivity index is 1.88. The minimum absolute atomic E-state index is 0.286. The van der Waals surface area contributed by atoms with Gasteiger partial charge in [0.15, 0.2) is 0 Å². The average molecular weight is 297 g/mol. The first-order valence-corrected chi connectivity index (χ1v) is 7.02. The molecule has 0 unspecified atom stereocenters. The minimum Gasteiger partial charge on any atom is -0.344 e. The van der Waals surface area contributed by atoms with Crippen LogP contribution in [0.1, 0.15) is 16.7 Å². The molecule has 114 valence electrons. The molecule has 2 amide bonds. The molecule has 2 rings (SSSR count). The molecule has 0 heterocycles. The van der Waals surface area contributed by atoms with Crippen LogP contribution in [0.25, 0.3) is 0 Å². The largest absolute Gasteiger partial charge is 0.344 e. The zero-order chi connectivity index (χ0) is 15.9. The summed E-state index contributed by atoms with van der Waals surface area (Å²) >= 11 is 0. The van der Waals surface area contributed by atoms with Crippen molar-refractivity contribution >= 4 is 17.5 Å². The molecule has 0 saturated carbocycles. The van der Waals surface area contributed by atoms with Gasteiger partial charge in [0.2, 0.25) is 0 Å². The second kappa shape index (κ2) is 7.38. The quantitative estimate of drug-likeness (QED) is 0.751. The summed E-state index contributed by atoms with van der Waals surface area (Å²) in [5.74, 6) is -1.35. The number of nitrogens with two attached hydrogens (primary N) is 1. The van der Waals surface area contributed by atoms with Gasteiger partial charge in [0.05, 0.1) is 0 Å². The van der Waals surface area contributed by atoms with Gasteiger partial charge in [0.1, 0.15) is 0 Å². The van der Waals surface area contributed by atoms with E-state index in [1.54, 1.807) is 12.1 Å². The summed E-state index contributed by atoms with van der Waals surface area (Å²) < 4.78 is 0. The molecule has 0 bridgehead atoms. The fraction of sp³-hybridized carbons (Fsp3) is 0.176. The smallest absolute Gasteiger partial charge is 0.313 e. The van der Waals surface area contributed by atoms with Crippen molar-refractivity contribution in [2.75, 3.05) is 5.32 Å². The maximum atomic E-state index is 11.8. The van der Waals surface area contributed by atoms with Crippen molar-refractivity contribution in [1.29, 1.82) is 0 Å². The Labute approximate surface area is 129 Å². The number of hydrogen-bond acceptors (Lipinski definition) is 3. The molecule has 0 aliphatic rings. The van der Waals surface area contributed by atoms with Crippen molar-refractivity contribution in [2.24, 2.45) is 5.73 Å². The summed E-state index contributed by atoms with van der Waals surface area (Å²) in [6.07, 6.45) is 0. The number of carbonyl (C=O) groups excluding carboxylic acids is 2. The predicted octanol–water partition coefficient (Wildman–Crippen LogP) is 1.71. The molecule has 0 fully saturated rings. The molecule has 0 spiro atoms. The third-order valence-electron chi connectivity index (χ3n) is 3.20. The van der Waals surface area contributed by atoms with Crippen LogP contribution in [0.2, 0.25) is 0 Å². The number of rotatable bonds is 4. The van der Waals surface area contributed by atoms with Crippen molar-refractivity contribution in [2.45, 2.75) is 20.0 Å². The number of benzene rings is 2. The highest BCUT2D eigenvalue weighted by atomic mass is 16.2. The highest BCUT2D eigenvalue weighted by Crippen LogP contribution is 2.08. The normalized spacial score (nSPS) is 10.1. The van der Waals surface area contributed by atoms with E-state index in [9.17, 15) is 9.59 Å². The summed E-state index contributed by atoms with van der Waals surface area (Å²) in [6.45, 7) is 2.68. The fourth-order valence-corrected chi connectivity index (χ4v) is 1.95. The number of aryl methyl sites for hydroxylation is 1. The monoisotopic (exact) mass is 297 g/mol. The maximum absolute atomic E-state index is 11.8. The van der Waals surface area contributed by atoms with Crippen molar-refractivity contribution in [3.05, 3.63) is 65.2 Å². The fourth-order valence-electron chi connectivity index (χ4n) is 1.95. The third-order valence-corrected chi connectivity index (χ3v) is 3.20. The van der Waals surface area contributed by atoms with Gasteiger partial charge in [-0.25, -0.2) is 0 Å². The first kappa shape index (κ1) is 15.7. The van der Waals surface area contributed by atoms with E-state index >= 15 is 0 Å². The molecule has 0 aliphatic heterocycles. The number of anilines is 1. The van der Waals surface area contributed by atoms with Gasteiger partial charge >= 0.3 is 11.8 Å². The van der Waals surface area contributed by atoms with Crippen LogP contribution < -0.4 is 16.4 Å². The summed E-state index contributed by atoms with van der Waals surface area (Å²) in [5.41, 5.74) is 9.13. The number of hydrogen-bond donors (Lipinski definition) is 3. The van der Waals surface area contributed by atoms with E-state index in [2.05, 4.69) is 10.6 Å². The Morgan fingerprint density at radius 3 is 2.36 bits per heavy atom. The van der Waals surface area contributed by atoms with Crippen LogP contribution in [0.15, 0.2) is 48.5 Å². The first-order valence-electron chi connectivity index (χ1n) is 7.02. The number of amides is 2. The van der Waals surface area contributed by atoms with E-state index in [1.807, 2.05) is 43.3 Å². The Bertz CT molecular complexity index is 666. The second-order valence-electron chi connectivity index (χ2n) is 5.03. The van der Waals surface area contributed by atoms with Crippen LogP contribution in [0.4, 0.5) is 5.69 Å². The predicted molar refractivity (Wildman–Crippen MR) is 86.0 cm³/mol. The molecular formula is C17H19N3O2. The molecule has 22 heavy (non-hydrogen) atoms. The lowest BCUT2D eigenvalue weighted by Crippen LogP contribution is -2.34. The first-order chi connectivity index (χ1) is 10.6. The van der Waals surface area contributed by atoms with Gasteiger partial charge in [-0.3, -0.25) is 9.59 Å². The number of carbonyl (C=O) groups is 2. The van der Waals surface area contributed by atoms with Gasteiger partial charge in [-0.15, -0.1) is 0 Å². The van der Waals surface area contributed by atoms with Crippen LogP contribution in [-0.4, -0.2) is 11.8 Å². The lowest BCUT2D eigenvalue weighted by atomic mass is 10.1. The van der Waals surface area contributed by atoms with Crippen LogP contribution in [0.5, 0.6) is 0 Å². The summed E-state index contributed by atoms with van der Waals surface area (Å²) in [5, 5.41) is 5.15. The second-order valence-corrected chi connectivity index (χ2v) is 5.03. The van der Waals surface area contributed by atoms with E-state index in [1.165, 1.54) is 0 Å². The van der Waals surface area contributed by atoms with E-state index in [4.69, 9.17) is 5.73 Å². The van der Waals surface area contributed by atoms with Crippen molar-refractivity contribution in [3.8, 4) is 0 Å². The van der Waals surface area contributed by atoms with Gasteiger partial charge in [0, 0.05) is 18.8 Å². The zero-order valence-corrected chi connectivity index (χ0v) is 12.4. The van der Waals surface area contributed by atoms with Crippen LogP contribution in [-0.2, 0) is 22.7 Å². The van der Waals surface area contributed by atoms with Gasteiger partial charge in [-0.2, -0.15) is 0 Å². The van der Waals surface area contributed by atoms with Crippen LogP contribution in [0.3, 0.4) is 0 Å². The summed E-state index contributed by atoms with van der Waals surface area (Å²) in [4.78, 5) is 23.6. The molecule has 5 heteroatoms. The molecule has 0 saturated heterocycles. The molecular weight excluding hydrogens is 278 g/mol. The lowest BCUT2D eigenvalue weighted by Gasteiger charge is -2.08. The topological polar surface area (TPSA) is 84.2 Å². The van der Waals surface area contributed by atoms with Crippen molar-refractivity contribution in [3.63, 3.8) is 0 Å². The SMILES string of the molecule is Cc1ccc(NC(=O)C(=O)NCc2cccc(CN)c2)cc1. The van der Waals surface area contributed by atoms with Crippen LogP contribution >= 0.6 is 0 Å². The lowest BCUT2D eigenvalue weighted by molar-refractivity contribution is -0.136. The van der Waals surface area contributed by atoms with Gasteiger partial charge in [-0.05, 0) is 30.2 Å². The average Bonchev–Trinajstić information content (AvgIpc) is 2.54. The standard InChI is InChI=1S/C17H19N3O2/c1-12-5-7-15(8-6-12)20-17(22)16(21)19-11-14-4-2-3-13(9-14)10-18/h2-9H,10-11,18H2,1H3,(H,19,21)(H,20,22). The van der Waals surface area contributed by atoms with E-state index < -0.39 is 11.8 Å². The molecule has 0 aromatic heterocycles. The zero-order valence-electron chi connectivity index (χ0n) is 12.4. The van der Waals surface area contributed by atoms with Crippen molar-refractivity contribution < 1.29 is 9.59 Å². The Hall–Kier alpha value is -2.66. The molecule has 0 atom stereocenters. The van der Waals surface area contributed by atoms with Gasteiger partial charge in [0.25, 0.3) is 0 Å². The highest BCUT2D eigenvalue weighted by molar-refractivity contribution is 6.39. The van der Waals surface area contributed by atoms with Crippen LogP contribution in [0, 0.1) is 6.92 Å². The summed E-state index contributed by atoms with van der Waals surface area (Å²) in [6, 6.07) is 14.8.